The van der Waals surface area contributed by atoms with E-state index < -0.39 is 5.82 Å². The third-order valence-corrected chi connectivity index (χ3v) is 3.64. The summed E-state index contributed by atoms with van der Waals surface area (Å²) in [6, 6.07) is 6.38. The molecule has 0 amide bonds. The first kappa shape index (κ1) is 17.8. The average Bonchev–Trinajstić information content (AvgIpc) is 2.87. The molecule has 24 heavy (non-hydrogen) atoms. The number of hydrogen-bond acceptors (Lipinski definition) is 3. The molecule has 2 rings (SSSR count). The minimum absolute atomic E-state index is 0.342. The van der Waals surface area contributed by atoms with Crippen molar-refractivity contribution in [3.63, 3.8) is 0 Å². The molecule has 0 unspecified atom stereocenters. The van der Waals surface area contributed by atoms with Gasteiger partial charge in [-0.2, -0.15) is 5.10 Å². The molecule has 0 aliphatic carbocycles. The van der Waals surface area contributed by atoms with E-state index in [0.29, 0.717) is 12.5 Å². The summed E-state index contributed by atoms with van der Waals surface area (Å²) in [5, 5.41) is 19.9. The van der Waals surface area contributed by atoms with Crippen LogP contribution in [0.2, 0.25) is 0 Å². The molecule has 1 aromatic heterocycles. The number of phenolic OH excluding ortho intramolecular Hbond substituents is 1. The Balaban J connectivity index is 1.74. The molecule has 130 valence electrons. The molecule has 0 atom stereocenters. The molecule has 6 nitrogen and oxygen atoms in total. The lowest BCUT2D eigenvalue weighted by Gasteiger charge is -2.12. The molecule has 1 aromatic carbocycles. The Morgan fingerprint density at radius 2 is 2.08 bits per heavy atom. The van der Waals surface area contributed by atoms with Crippen LogP contribution in [0.3, 0.4) is 0 Å². The highest BCUT2D eigenvalue weighted by Gasteiger charge is 2.04. The molecule has 0 fully saturated rings. The van der Waals surface area contributed by atoms with E-state index in [2.05, 4.69) is 26.8 Å². The van der Waals surface area contributed by atoms with Gasteiger partial charge in [-0.05, 0) is 44.0 Å². The molecule has 1 heterocycles. The first-order chi connectivity index (χ1) is 11.5. The maximum Gasteiger partial charge on any atom is 0.191 e. The van der Waals surface area contributed by atoms with E-state index in [-0.39, 0.29) is 5.75 Å². The number of hydrogen-bond donors (Lipinski definition) is 3. The number of rotatable bonds is 6. The molecule has 3 N–H and O–H groups in total. The van der Waals surface area contributed by atoms with Crippen molar-refractivity contribution in [3.8, 4) is 5.75 Å². The molecule has 0 bridgehead atoms. The zero-order chi connectivity index (χ0) is 17.5. The average molecular weight is 333 g/mol. The van der Waals surface area contributed by atoms with Crippen molar-refractivity contribution in [1.29, 1.82) is 0 Å². The van der Waals surface area contributed by atoms with E-state index in [9.17, 15) is 9.50 Å². The van der Waals surface area contributed by atoms with Crippen molar-refractivity contribution >= 4 is 5.96 Å². The van der Waals surface area contributed by atoms with Crippen molar-refractivity contribution in [2.75, 3.05) is 13.6 Å². The Bertz CT molecular complexity index is 711. The molecule has 0 saturated carbocycles. The summed E-state index contributed by atoms with van der Waals surface area (Å²) in [6.45, 7) is 6.05. The van der Waals surface area contributed by atoms with Gasteiger partial charge in [0.05, 0.1) is 5.69 Å². The first-order valence-corrected chi connectivity index (χ1v) is 7.92. The zero-order valence-corrected chi connectivity index (χ0v) is 14.3. The number of guanidine groups is 1. The van der Waals surface area contributed by atoms with E-state index in [0.717, 1.165) is 36.5 Å². The highest BCUT2D eigenvalue weighted by Crippen LogP contribution is 2.15. The van der Waals surface area contributed by atoms with Crippen molar-refractivity contribution in [3.05, 3.63) is 47.0 Å². The lowest BCUT2D eigenvalue weighted by Crippen LogP contribution is -2.37. The van der Waals surface area contributed by atoms with Gasteiger partial charge in [0.15, 0.2) is 17.5 Å². The molecule has 7 heteroatoms. The fraction of sp³-hybridized carbons (Fsp3) is 0.412. The van der Waals surface area contributed by atoms with Crippen molar-refractivity contribution in [2.24, 2.45) is 4.99 Å². The topological polar surface area (TPSA) is 74.5 Å². The highest BCUT2D eigenvalue weighted by molar-refractivity contribution is 5.79. The SMILES string of the molecule is CN=C(NCCCn1nc(C)cc1C)NCc1ccc(O)c(F)c1. The Kier molecular flexibility index (Phi) is 6.17. The van der Waals surface area contributed by atoms with Crippen LogP contribution >= 0.6 is 0 Å². The van der Waals surface area contributed by atoms with Crippen LogP contribution in [0.1, 0.15) is 23.4 Å². The molecule has 0 saturated heterocycles. The van der Waals surface area contributed by atoms with Gasteiger partial charge in [-0.25, -0.2) is 4.39 Å². The predicted molar refractivity (Wildman–Crippen MR) is 92.6 cm³/mol. The number of aliphatic imine (C=N–C) groups is 1. The first-order valence-electron chi connectivity index (χ1n) is 7.92. The Morgan fingerprint density at radius 3 is 2.71 bits per heavy atom. The fourth-order valence-corrected chi connectivity index (χ4v) is 2.40. The van der Waals surface area contributed by atoms with Crippen molar-refractivity contribution < 1.29 is 9.50 Å². The summed E-state index contributed by atoms with van der Waals surface area (Å²) in [7, 11) is 1.69. The van der Waals surface area contributed by atoms with E-state index >= 15 is 0 Å². The monoisotopic (exact) mass is 333 g/mol. The van der Waals surface area contributed by atoms with Crippen LogP contribution in [0.4, 0.5) is 4.39 Å². The standard InChI is InChI=1S/C17H24FN5O/c1-12-9-13(2)23(22-12)8-4-7-20-17(19-3)21-11-14-5-6-16(24)15(18)10-14/h5-6,9-10,24H,4,7-8,11H2,1-3H3,(H2,19,20,21). The molecule has 0 aliphatic heterocycles. The van der Waals surface area contributed by atoms with E-state index in [4.69, 9.17) is 0 Å². The van der Waals surface area contributed by atoms with Crippen LogP contribution in [0.25, 0.3) is 0 Å². The van der Waals surface area contributed by atoms with Gasteiger partial charge < -0.3 is 15.7 Å². The molecule has 0 spiro atoms. The molecular weight excluding hydrogens is 309 g/mol. The van der Waals surface area contributed by atoms with Gasteiger partial charge in [0.1, 0.15) is 0 Å². The largest absolute Gasteiger partial charge is 0.505 e. The summed E-state index contributed by atoms with van der Waals surface area (Å²) in [6.07, 6.45) is 0.913. The predicted octanol–water partition coefficient (Wildman–Crippen LogP) is 2.10. The quantitative estimate of drug-likeness (QED) is 0.430. The Hall–Kier alpha value is -2.57. The highest BCUT2D eigenvalue weighted by atomic mass is 19.1. The van der Waals surface area contributed by atoms with Crippen LogP contribution in [0, 0.1) is 19.7 Å². The minimum Gasteiger partial charge on any atom is -0.505 e. The molecule has 2 aromatic rings. The van der Waals surface area contributed by atoms with Crippen molar-refractivity contribution in [2.45, 2.75) is 33.4 Å². The Morgan fingerprint density at radius 1 is 1.29 bits per heavy atom. The smallest absolute Gasteiger partial charge is 0.191 e. The second-order valence-corrected chi connectivity index (χ2v) is 5.64. The second kappa shape index (κ2) is 8.33. The molecular formula is C17H24FN5O. The number of halogens is 1. The van der Waals surface area contributed by atoms with Crippen LogP contribution in [-0.4, -0.2) is 34.4 Å². The third-order valence-electron chi connectivity index (χ3n) is 3.64. The number of nitrogens with zero attached hydrogens (tertiary/aromatic N) is 3. The van der Waals surface area contributed by atoms with Gasteiger partial charge in [-0.1, -0.05) is 6.07 Å². The maximum absolute atomic E-state index is 13.3. The Labute approximate surface area is 141 Å². The van der Waals surface area contributed by atoms with E-state index in [1.165, 1.54) is 12.1 Å². The molecule has 0 radical (unpaired) electrons. The zero-order valence-electron chi connectivity index (χ0n) is 14.3. The van der Waals surface area contributed by atoms with Gasteiger partial charge in [0, 0.05) is 32.4 Å². The third kappa shape index (κ3) is 4.97. The van der Waals surface area contributed by atoms with Crippen LogP contribution in [-0.2, 0) is 13.1 Å². The fourth-order valence-electron chi connectivity index (χ4n) is 2.40. The van der Waals surface area contributed by atoms with Gasteiger partial charge >= 0.3 is 0 Å². The van der Waals surface area contributed by atoms with Crippen molar-refractivity contribution in [1.82, 2.24) is 20.4 Å². The summed E-state index contributed by atoms with van der Waals surface area (Å²) in [5.41, 5.74) is 2.92. The molecule has 0 aliphatic rings. The number of benzene rings is 1. The number of aromatic hydroxyl groups is 1. The van der Waals surface area contributed by atoms with E-state index in [1.807, 2.05) is 18.5 Å². The van der Waals surface area contributed by atoms with Crippen LogP contribution in [0.5, 0.6) is 5.75 Å². The number of phenols is 1. The summed E-state index contributed by atoms with van der Waals surface area (Å²) >= 11 is 0. The number of aryl methyl sites for hydroxylation is 3. The lowest BCUT2D eigenvalue weighted by atomic mass is 10.2. The van der Waals surface area contributed by atoms with Gasteiger partial charge in [0.25, 0.3) is 0 Å². The summed E-state index contributed by atoms with van der Waals surface area (Å²) in [4.78, 5) is 4.14. The van der Waals surface area contributed by atoms with Gasteiger partial charge in [-0.3, -0.25) is 9.67 Å². The normalized spacial score (nSPS) is 11.6. The maximum atomic E-state index is 13.3. The number of nitrogens with one attached hydrogen (secondary N) is 2. The summed E-state index contributed by atoms with van der Waals surface area (Å²) in [5.74, 6) is -0.315. The van der Waals surface area contributed by atoms with E-state index in [1.54, 1.807) is 13.1 Å². The summed E-state index contributed by atoms with van der Waals surface area (Å²) < 4.78 is 15.3. The second-order valence-electron chi connectivity index (χ2n) is 5.64. The number of aromatic nitrogens is 2. The minimum atomic E-state index is -0.623. The van der Waals surface area contributed by atoms with Gasteiger partial charge in [0.2, 0.25) is 0 Å². The van der Waals surface area contributed by atoms with Crippen LogP contribution < -0.4 is 10.6 Å². The van der Waals surface area contributed by atoms with Crippen LogP contribution in [0.15, 0.2) is 29.3 Å². The lowest BCUT2D eigenvalue weighted by molar-refractivity contribution is 0.431. The van der Waals surface area contributed by atoms with Gasteiger partial charge in [-0.15, -0.1) is 0 Å².